The smallest absolute Gasteiger partial charge is 0.131 e. The van der Waals surface area contributed by atoms with Gasteiger partial charge in [-0.2, -0.15) is 5.26 Å². The van der Waals surface area contributed by atoms with Crippen LogP contribution >= 0.6 is 0 Å². The lowest BCUT2D eigenvalue weighted by Crippen LogP contribution is -2.26. The Labute approximate surface area is 125 Å². The summed E-state index contributed by atoms with van der Waals surface area (Å²) in [6.07, 6.45) is 6.18. The van der Waals surface area contributed by atoms with Crippen molar-refractivity contribution in [2.24, 2.45) is 11.8 Å². The predicted octanol–water partition coefficient (Wildman–Crippen LogP) is 4.14. The van der Waals surface area contributed by atoms with E-state index in [0.717, 1.165) is 24.6 Å². The zero-order valence-corrected chi connectivity index (χ0v) is 12.5. The summed E-state index contributed by atoms with van der Waals surface area (Å²) < 4.78 is 27.5. The summed E-state index contributed by atoms with van der Waals surface area (Å²) in [6.45, 7) is 3.21. The molecule has 0 spiro atoms. The molecule has 0 radical (unpaired) electrons. The molecule has 2 rings (SSSR count). The Morgan fingerprint density at radius 3 is 2.24 bits per heavy atom. The van der Waals surface area contributed by atoms with Gasteiger partial charge in [0.25, 0.3) is 0 Å². The number of nitriles is 1. The molecular weight excluding hydrogens is 270 g/mol. The lowest BCUT2D eigenvalue weighted by atomic mass is 9.81. The number of nitrogens with zero attached hydrogens (tertiary/aromatic N) is 1. The molecule has 1 saturated carbocycles. The quantitative estimate of drug-likeness (QED) is 0.885. The molecule has 0 bridgehead atoms. The first kappa shape index (κ1) is 15.9. The zero-order valence-electron chi connectivity index (χ0n) is 12.5. The molecule has 0 aliphatic heterocycles. The number of hydrogen-bond acceptors (Lipinski definition) is 2. The number of hydrogen-bond donors (Lipinski definition) is 1. The minimum atomic E-state index is -0.645. The van der Waals surface area contributed by atoms with E-state index in [0.29, 0.717) is 5.92 Å². The van der Waals surface area contributed by atoms with Gasteiger partial charge in [-0.3, -0.25) is 0 Å². The normalized spacial score (nSPS) is 22.0. The number of halogens is 2. The van der Waals surface area contributed by atoms with Gasteiger partial charge in [0.05, 0.1) is 11.6 Å². The van der Waals surface area contributed by atoms with Crippen molar-refractivity contribution >= 4 is 0 Å². The van der Waals surface area contributed by atoms with E-state index >= 15 is 0 Å². The van der Waals surface area contributed by atoms with Crippen molar-refractivity contribution in [3.8, 4) is 6.07 Å². The summed E-state index contributed by atoms with van der Waals surface area (Å²) in [6, 6.07) is 3.93. The van der Waals surface area contributed by atoms with Crippen LogP contribution < -0.4 is 5.32 Å². The average molecular weight is 292 g/mol. The SMILES string of the molecule is CCC1CCC(CNCc2c(F)cc(C#N)cc2F)CC1. The monoisotopic (exact) mass is 292 g/mol. The third-order valence-electron chi connectivity index (χ3n) is 4.55. The molecule has 0 heterocycles. The molecule has 0 unspecified atom stereocenters. The number of benzene rings is 1. The Morgan fingerprint density at radius 2 is 1.71 bits per heavy atom. The molecule has 0 amide bonds. The van der Waals surface area contributed by atoms with Crippen LogP contribution in [0.3, 0.4) is 0 Å². The molecule has 4 heteroatoms. The summed E-state index contributed by atoms with van der Waals surface area (Å²) >= 11 is 0. The molecular formula is C17H22F2N2. The summed E-state index contributed by atoms with van der Waals surface area (Å²) in [4.78, 5) is 0. The highest BCUT2D eigenvalue weighted by molar-refractivity contribution is 5.34. The van der Waals surface area contributed by atoms with Crippen molar-refractivity contribution in [3.63, 3.8) is 0 Å². The van der Waals surface area contributed by atoms with Crippen LogP contribution in [0.25, 0.3) is 0 Å². The fourth-order valence-electron chi connectivity index (χ4n) is 3.08. The Hall–Kier alpha value is -1.47. The Balaban J connectivity index is 1.83. The topological polar surface area (TPSA) is 35.8 Å². The van der Waals surface area contributed by atoms with Crippen LogP contribution in [0.2, 0.25) is 0 Å². The van der Waals surface area contributed by atoms with Crippen LogP contribution in [0.1, 0.15) is 50.2 Å². The number of rotatable bonds is 5. The maximum atomic E-state index is 13.7. The molecule has 1 aromatic carbocycles. The molecule has 0 saturated heterocycles. The van der Waals surface area contributed by atoms with Crippen LogP contribution in [0.4, 0.5) is 8.78 Å². The summed E-state index contributed by atoms with van der Waals surface area (Å²) in [7, 11) is 0. The largest absolute Gasteiger partial charge is 0.312 e. The van der Waals surface area contributed by atoms with E-state index in [2.05, 4.69) is 12.2 Å². The van der Waals surface area contributed by atoms with Crippen LogP contribution in [0, 0.1) is 34.8 Å². The van der Waals surface area contributed by atoms with Gasteiger partial charge < -0.3 is 5.32 Å². The molecule has 2 nitrogen and oxygen atoms in total. The second kappa shape index (κ2) is 7.51. The van der Waals surface area contributed by atoms with E-state index in [9.17, 15) is 8.78 Å². The highest BCUT2D eigenvalue weighted by Crippen LogP contribution is 2.30. The molecule has 114 valence electrons. The molecule has 21 heavy (non-hydrogen) atoms. The first-order valence-electron chi connectivity index (χ1n) is 7.72. The van der Waals surface area contributed by atoms with E-state index in [4.69, 9.17) is 5.26 Å². The van der Waals surface area contributed by atoms with Crippen molar-refractivity contribution in [3.05, 3.63) is 34.9 Å². The van der Waals surface area contributed by atoms with Crippen molar-refractivity contribution in [1.82, 2.24) is 5.32 Å². The highest BCUT2D eigenvalue weighted by Gasteiger charge is 2.20. The van der Waals surface area contributed by atoms with Gasteiger partial charge >= 0.3 is 0 Å². The standard InChI is InChI=1S/C17H22F2N2/c1-2-12-3-5-13(6-4-12)10-21-11-15-16(18)7-14(9-20)8-17(15)19/h7-8,12-13,21H,2-6,10-11H2,1H3. The van der Waals surface area contributed by atoms with Gasteiger partial charge in [-0.1, -0.05) is 26.2 Å². The van der Waals surface area contributed by atoms with Gasteiger partial charge in [0, 0.05) is 12.1 Å². The second-order valence-corrected chi connectivity index (χ2v) is 5.96. The minimum Gasteiger partial charge on any atom is -0.312 e. The third-order valence-corrected chi connectivity index (χ3v) is 4.55. The van der Waals surface area contributed by atoms with Gasteiger partial charge in [0.1, 0.15) is 11.6 Å². The van der Waals surface area contributed by atoms with Crippen molar-refractivity contribution < 1.29 is 8.78 Å². The molecule has 0 atom stereocenters. The van der Waals surface area contributed by atoms with Crippen LogP contribution in [0.15, 0.2) is 12.1 Å². The van der Waals surface area contributed by atoms with Crippen LogP contribution in [0.5, 0.6) is 0 Å². The van der Waals surface area contributed by atoms with Crippen LogP contribution in [-0.2, 0) is 6.54 Å². The highest BCUT2D eigenvalue weighted by atomic mass is 19.1. The van der Waals surface area contributed by atoms with Crippen molar-refractivity contribution in [2.45, 2.75) is 45.6 Å². The second-order valence-electron chi connectivity index (χ2n) is 5.96. The summed E-state index contributed by atoms with van der Waals surface area (Å²) in [5.41, 5.74) is 0.0443. The third kappa shape index (κ3) is 4.25. The Morgan fingerprint density at radius 1 is 1.14 bits per heavy atom. The lowest BCUT2D eigenvalue weighted by Gasteiger charge is -2.28. The minimum absolute atomic E-state index is 0.0200. The number of nitrogens with one attached hydrogen (secondary N) is 1. The van der Waals surface area contributed by atoms with E-state index < -0.39 is 11.6 Å². The fraction of sp³-hybridized carbons (Fsp3) is 0.588. The molecule has 1 aliphatic rings. The van der Waals surface area contributed by atoms with Gasteiger partial charge in [0.15, 0.2) is 0 Å². The van der Waals surface area contributed by atoms with Gasteiger partial charge in [-0.05, 0) is 43.4 Å². The Kier molecular flexibility index (Phi) is 5.69. The predicted molar refractivity (Wildman–Crippen MR) is 78.5 cm³/mol. The molecule has 1 aromatic rings. The van der Waals surface area contributed by atoms with Gasteiger partial charge in [-0.15, -0.1) is 0 Å². The van der Waals surface area contributed by atoms with Gasteiger partial charge in [-0.25, -0.2) is 8.78 Å². The maximum absolute atomic E-state index is 13.7. The summed E-state index contributed by atoms with van der Waals surface area (Å²) in [5, 5.41) is 11.8. The maximum Gasteiger partial charge on any atom is 0.131 e. The van der Waals surface area contributed by atoms with Gasteiger partial charge in [0.2, 0.25) is 0 Å². The van der Waals surface area contributed by atoms with Crippen molar-refractivity contribution in [1.29, 1.82) is 5.26 Å². The zero-order chi connectivity index (χ0) is 15.2. The molecule has 1 N–H and O–H groups in total. The molecule has 1 fully saturated rings. The first-order chi connectivity index (χ1) is 10.1. The van der Waals surface area contributed by atoms with E-state index in [1.807, 2.05) is 0 Å². The lowest BCUT2D eigenvalue weighted by molar-refractivity contribution is 0.262. The van der Waals surface area contributed by atoms with E-state index in [1.165, 1.54) is 32.1 Å². The first-order valence-corrected chi connectivity index (χ1v) is 7.72. The van der Waals surface area contributed by atoms with Crippen molar-refractivity contribution in [2.75, 3.05) is 6.54 Å². The summed E-state index contributed by atoms with van der Waals surface area (Å²) in [5.74, 6) is 0.175. The molecule has 1 aliphatic carbocycles. The Bertz CT molecular complexity index is 491. The average Bonchev–Trinajstić information content (AvgIpc) is 2.50. The van der Waals surface area contributed by atoms with Crippen LogP contribution in [-0.4, -0.2) is 6.54 Å². The molecule has 0 aromatic heterocycles. The van der Waals surface area contributed by atoms with E-state index in [1.54, 1.807) is 6.07 Å². The van der Waals surface area contributed by atoms with E-state index in [-0.39, 0.29) is 17.7 Å². The fourth-order valence-corrected chi connectivity index (χ4v) is 3.08.